The van der Waals surface area contributed by atoms with E-state index >= 15 is 0 Å². The topological polar surface area (TPSA) is 50.4 Å². The number of rotatable bonds is 4. The van der Waals surface area contributed by atoms with E-state index < -0.39 is 0 Å². The Kier molecular flexibility index (Phi) is 4.54. The van der Waals surface area contributed by atoms with Crippen LogP contribution in [0.5, 0.6) is 0 Å². The highest BCUT2D eigenvalue weighted by Crippen LogP contribution is 2.19. The van der Waals surface area contributed by atoms with E-state index in [0.717, 1.165) is 12.8 Å². The second-order valence-corrected chi connectivity index (χ2v) is 5.15. The van der Waals surface area contributed by atoms with E-state index in [0.29, 0.717) is 6.54 Å². The van der Waals surface area contributed by atoms with Crippen molar-refractivity contribution in [3.63, 3.8) is 0 Å². The summed E-state index contributed by atoms with van der Waals surface area (Å²) in [5.74, 6) is -0.100. The fourth-order valence-electron chi connectivity index (χ4n) is 1.54. The SMILES string of the molecule is CC(C)(C)NCC(=O)NOC1CCCC1. The Balaban J connectivity index is 2.08. The van der Waals surface area contributed by atoms with Crippen molar-refractivity contribution < 1.29 is 9.63 Å². The van der Waals surface area contributed by atoms with Crippen molar-refractivity contribution in [3.8, 4) is 0 Å². The summed E-state index contributed by atoms with van der Waals surface area (Å²) in [5.41, 5.74) is 2.46. The van der Waals surface area contributed by atoms with Crippen molar-refractivity contribution in [1.82, 2.24) is 10.8 Å². The average molecular weight is 214 g/mol. The van der Waals surface area contributed by atoms with E-state index in [2.05, 4.69) is 10.8 Å². The molecule has 0 spiro atoms. The van der Waals surface area contributed by atoms with Crippen LogP contribution >= 0.6 is 0 Å². The summed E-state index contributed by atoms with van der Waals surface area (Å²) in [6.07, 6.45) is 4.77. The fraction of sp³-hybridized carbons (Fsp3) is 0.909. The zero-order valence-electron chi connectivity index (χ0n) is 9.93. The van der Waals surface area contributed by atoms with Gasteiger partial charge in [0.15, 0.2) is 0 Å². The summed E-state index contributed by atoms with van der Waals surface area (Å²) in [7, 11) is 0. The standard InChI is InChI=1S/C11H22N2O2/c1-11(2,3)12-8-10(14)13-15-9-6-4-5-7-9/h9,12H,4-8H2,1-3H3,(H,13,14). The molecular formula is C11H22N2O2. The summed E-state index contributed by atoms with van der Waals surface area (Å²) in [5, 5.41) is 3.10. The maximum absolute atomic E-state index is 11.3. The Morgan fingerprint density at radius 2 is 1.93 bits per heavy atom. The molecule has 1 rings (SSSR count). The molecule has 0 aromatic heterocycles. The van der Waals surface area contributed by atoms with Crippen LogP contribution in [0.4, 0.5) is 0 Å². The Morgan fingerprint density at radius 3 is 2.47 bits per heavy atom. The largest absolute Gasteiger partial charge is 0.304 e. The average Bonchev–Trinajstić information content (AvgIpc) is 2.62. The predicted molar refractivity (Wildman–Crippen MR) is 59.2 cm³/mol. The van der Waals surface area contributed by atoms with Gasteiger partial charge in [-0.1, -0.05) is 12.8 Å². The Labute approximate surface area is 91.7 Å². The molecular weight excluding hydrogens is 192 g/mol. The molecule has 1 saturated carbocycles. The Bertz CT molecular complexity index is 205. The Hall–Kier alpha value is -0.610. The minimum absolute atomic E-state index is 0.0370. The maximum atomic E-state index is 11.3. The van der Waals surface area contributed by atoms with E-state index in [9.17, 15) is 4.79 Å². The van der Waals surface area contributed by atoms with E-state index in [4.69, 9.17) is 4.84 Å². The molecule has 0 aliphatic heterocycles. The molecule has 1 aliphatic rings. The van der Waals surface area contributed by atoms with Gasteiger partial charge in [0.2, 0.25) is 0 Å². The second kappa shape index (κ2) is 5.47. The first-order valence-corrected chi connectivity index (χ1v) is 5.67. The van der Waals surface area contributed by atoms with Gasteiger partial charge in [-0.05, 0) is 33.6 Å². The third kappa shape index (κ3) is 5.74. The lowest BCUT2D eigenvalue weighted by Crippen LogP contribution is -2.43. The molecule has 0 saturated heterocycles. The van der Waals surface area contributed by atoms with Gasteiger partial charge in [-0.25, -0.2) is 5.48 Å². The normalized spacial score (nSPS) is 18.1. The molecule has 88 valence electrons. The van der Waals surface area contributed by atoms with Crippen LogP contribution in [0.3, 0.4) is 0 Å². The number of amides is 1. The van der Waals surface area contributed by atoms with Crippen LogP contribution in [-0.2, 0) is 9.63 Å². The molecule has 0 heterocycles. The maximum Gasteiger partial charge on any atom is 0.257 e. The quantitative estimate of drug-likeness (QED) is 0.695. The number of carbonyl (C=O) groups excluding carboxylic acids is 1. The number of hydrogen-bond donors (Lipinski definition) is 2. The van der Waals surface area contributed by atoms with Crippen molar-refractivity contribution >= 4 is 5.91 Å². The van der Waals surface area contributed by atoms with Gasteiger partial charge >= 0.3 is 0 Å². The van der Waals surface area contributed by atoms with Gasteiger partial charge in [-0.15, -0.1) is 0 Å². The van der Waals surface area contributed by atoms with Crippen LogP contribution in [0, 0.1) is 0 Å². The summed E-state index contributed by atoms with van der Waals surface area (Å²) < 4.78 is 0. The minimum Gasteiger partial charge on any atom is -0.304 e. The molecule has 0 bridgehead atoms. The summed E-state index contributed by atoms with van der Waals surface area (Å²) in [4.78, 5) is 16.6. The second-order valence-electron chi connectivity index (χ2n) is 5.15. The van der Waals surface area contributed by atoms with E-state index in [-0.39, 0.29) is 17.6 Å². The first kappa shape index (κ1) is 12.5. The molecule has 15 heavy (non-hydrogen) atoms. The molecule has 2 N–H and O–H groups in total. The van der Waals surface area contributed by atoms with Crippen molar-refractivity contribution in [2.75, 3.05) is 6.54 Å². The minimum atomic E-state index is -0.100. The van der Waals surface area contributed by atoms with Gasteiger partial charge in [0, 0.05) is 5.54 Å². The zero-order chi connectivity index (χ0) is 11.3. The van der Waals surface area contributed by atoms with Gasteiger partial charge in [-0.2, -0.15) is 0 Å². The molecule has 1 amide bonds. The van der Waals surface area contributed by atoms with Crippen LogP contribution in [0.2, 0.25) is 0 Å². The Morgan fingerprint density at radius 1 is 1.33 bits per heavy atom. The lowest BCUT2D eigenvalue weighted by atomic mass is 10.1. The van der Waals surface area contributed by atoms with Gasteiger partial charge in [0.25, 0.3) is 5.91 Å². The molecule has 1 fully saturated rings. The van der Waals surface area contributed by atoms with Crippen molar-refractivity contribution in [2.24, 2.45) is 0 Å². The van der Waals surface area contributed by atoms with Crippen molar-refractivity contribution in [2.45, 2.75) is 58.1 Å². The highest BCUT2D eigenvalue weighted by molar-refractivity contribution is 5.76. The highest BCUT2D eigenvalue weighted by Gasteiger charge is 2.17. The molecule has 0 radical (unpaired) electrons. The molecule has 0 aromatic rings. The van der Waals surface area contributed by atoms with Crippen molar-refractivity contribution in [1.29, 1.82) is 0 Å². The van der Waals surface area contributed by atoms with E-state index in [1.165, 1.54) is 12.8 Å². The molecule has 0 atom stereocenters. The van der Waals surface area contributed by atoms with Gasteiger partial charge in [0.1, 0.15) is 0 Å². The van der Waals surface area contributed by atoms with Crippen LogP contribution < -0.4 is 10.8 Å². The highest BCUT2D eigenvalue weighted by atomic mass is 16.7. The predicted octanol–water partition coefficient (Wildman–Crippen LogP) is 1.36. The lowest BCUT2D eigenvalue weighted by Gasteiger charge is -2.20. The van der Waals surface area contributed by atoms with Gasteiger partial charge < -0.3 is 5.32 Å². The van der Waals surface area contributed by atoms with Crippen molar-refractivity contribution in [3.05, 3.63) is 0 Å². The number of hydrogen-bond acceptors (Lipinski definition) is 3. The number of carbonyl (C=O) groups is 1. The van der Waals surface area contributed by atoms with Crippen LogP contribution in [0.25, 0.3) is 0 Å². The van der Waals surface area contributed by atoms with Gasteiger partial charge in [0.05, 0.1) is 12.6 Å². The number of hydroxylamine groups is 1. The molecule has 4 nitrogen and oxygen atoms in total. The van der Waals surface area contributed by atoms with E-state index in [1.807, 2.05) is 20.8 Å². The summed E-state index contributed by atoms with van der Waals surface area (Å²) in [6, 6.07) is 0. The third-order valence-corrected chi connectivity index (χ3v) is 2.42. The number of nitrogens with one attached hydrogen (secondary N) is 2. The fourth-order valence-corrected chi connectivity index (χ4v) is 1.54. The molecule has 0 unspecified atom stereocenters. The first-order valence-electron chi connectivity index (χ1n) is 5.67. The van der Waals surface area contributed by atoms with Gasteiger partial charge in [-0.3, -0.25) is 9.63 Å². The summed E-state index contributed by atoms with van der Waals surface area (Å²) >= 11 is 0. The summed E-state index contributed by atoms with van der Waals surface area (Å²) in [6.45, 7) is 6.38. The molecule has 4 heteroatoms. The third-order valence-electron chi connectivity index (χ3n) is 2.42. The smallest absolute Gasteiger partial charge is 0.257 e. The zero-order valence-corrected chi connectivity index (χ0v) is 9.93. The monoisotopic (exact) mass is 214 g/mol. The van der Waals surface area contributed by atoms with Crippen LogP contribution in [0.15, 0.2) is 0 Å². The first-order chi connectivity index (χ1) is 6.97. The molecule has 0 aromatic carbocycles. The van der Waals surface area contributed by atoms with Crippen LogP contribution in [0.1, 0.15) is 46.5 Å². The van der Waals surface area contributed by atoms with Crippen LogP contribution in [-0.4, -0.2) is 24.1 Å². The molecule has 1 aliphatic carbocycles. The van der Waals surface area contributed by atoms with E-state index in [1.54, 1.807) is 0 Å². The lowest BCUT2D eigenvalue weighted by molar-refractivity contribution is -0.137.